The lowest BCUT2D eigenvalue weighted by atomic mass is 9.90. The van der Waals surface area contributed by atoms with Gasteiger partial charge in [0, 0.05) is 67.1 Å². The molecule has 2 N–H and O–H groups in total. The Morgan fingerprint density at radius 3 is 2.57 bits per heavy atom. The standard InChI is InChI=1S/C25H29F2N3/c1-16-10-19(18-6-8-29-9-7-18)12-24(27)22(16)14-25(30(4)5)20-11-21(15-28-3)17(2)23(26)13-20/h6,8,10-15,18,28-29H,2,7,9H2,1,3-5H3/b21-15-,25-14-. The number of nitrogens with one attached hydrogen (secondary N) is 2. The summed E-state index contributed by atoms with van der Waals surface area (Å²) in [5.41, 5.74) is 3.72. The Morgan fingerprint density at radius 2 is 1.97 bits per heavy atom. The normalized spacial score (nSPS) is 17.1. The van der Waals surface area contributed by atoms with Crippen LogP contribution in [0.4, 0.5) is 8.78 Å². The van der Waals surface area contributed by atoms with Crippen LogP contribution >= 0.6 is 0 Å². The van der Waals surface area contributed by atoms with Crippen LogP contribution in [-0.2, 0) is 0 Å². The smallest absolute Gasteiger partial charge is 0.131 e. The number of benzene rings is 2. The second-order valence-electron chi connectivity index (χ2n) is 7.82. The zero-order valence-electron chi connectivity index (χ0n) is 18.0. The molecule has 1 unspecified atom stereocenters. The minimum Gasteiger partial charge on any atom is -0.393 e. The van der Waals surface area contributed by atoms with Gasteiger partial charge in [-0.3, -0.25) is 0 Å². The highest BCUT2D eigenvalue weighted by Gasteiger charge is 2.16. The van der Waals surface area contributed by atoms with Gasteiger partial charge in [-0.15, -0.1) is 0 Å². The number of rotatable bonds is 5. The van der Waals surface area contributed by atoms with Gasteiger partial charge in [-0.05, 0) is 54.9 Å². The van der Waals surface area contributed by atoms with Crippen molar-refractivity contribution >= 4 is 24.6 Å². The van der Waals surface area contributed by atoms with Crippen molar-refractivity contribution in [3.05, 3.63) is 80.9 Å². The molecule has 30 heavy (non-hydrogen) atoms. The van der Waals surface area contributed by atoms with Crippen molar-refractivity contribution in [1.29, 1.82) is 0 Å². The Morgan fingerprint density at radius 1 is 1.20 bits per heavy atom. The van der Waals surface area contributed by atoms with Gasteiger partial charge in [0.1, 0.15) is 11.6 Å². The molecule has 0 radical (unpaired) electrons. The molecule has 2 aromatic carbocycles. The fourth-order valence-electron chi connectivity index (χ4n) is 3.76. The first kappa shape index (κ1) is 21.6. The van der Waals surface area contributed by atoms with Crippen molar-refractivity contribution in [2.24, 2.45) is 0 Å². The highest BCUT2D eigenvalue weighted by atomic mass is 19.1. The highest BCUT2D eigenvalue weighted by molar-refractivity contribution is 5.81. The van der Waals surface area contributed by atoms with Crippen LogP contribution in [0.1, 0.15) is 34.6 Å². The molecule has 3 nitrogen and oxygen atoms in total. The zero-order chi connectivity index (χ0) is 21.8. The van der Waals surface area contributed by atoms with E-state index in [-0.39, 0.29) is 11.7 Å². The maximum atomic E-state index is 15.1. The van der Waals surface area contributed by atoms with Crippen molar-refractivity contribution in [2.75, 3.05) is 27.7 Å². The number of aryl methyl sites for hydroxylation is 1. The lowest BCUT2D eigenvalue weighted by molar-refractivity contribution is 0.588. The summed E-state index contributed by atoms with van der Waals surface area (Å²) in [7, 11) is 5.49. The molecular weight excluding hydrogens is 380 g/mol. The van der Waals surface area contributed by atoms with E-state index in [4.69, 9.17) is 0 Å². The van der Waals surface area contributed by atoms with Crippen molar-refractivity contribution in [1.82, 2.24) is 15.5 Å². The van der Waals surface area contributed by atoms with Gasteiger partial charge in [0.25, 0.3) is 0 Å². The van der Waals surface area contributed by atoms with E-state index in [1.54, 1.807) is 25.4 Å². The van der Waals surface area contributed by atoms with Crippen molar-refractivity contribution in [2.45, 2.75) is 19.3 Å². The van der Waals surface area contributed by atoms with Gasteiger partial charge in [0.05, 0.1) is 0 Å². The predicted octanol–water partition coefficient (Wildman–Crippen LogP) is 3.29. The molecule has 1 atom stereocenters. The van der Waals surface area contributed by atoms with Crippen LogP contribution in [0.5, 0.6) is 0 Å². The fraction of sp³-hybridized carbons (Fsp3) is 0.280. The summed E-state index contributed by atoms with van der Waals surface area (Å²) in [5.74, 6) is -0.455. The van der Waals surface area contributed by atoms with Gasteiger partial charge in [-0.1, -0.05) is 18.7 Å². The quantitative estimate of drug-likeness (QED) is 0.742. The molecule has 158 valence electrons. The lowest BCUT2D eigenvalue weighted by Crippen LogP contribution is -2.29. The Kier molecular flexibility index (Phi) is 6.60. The first-order valence-corrected chi connectivity index (χ1v) is 10.1. The van der Waals surface area contributed by atoms with Crippen molar-refractivity contribution < 1.29 is 8.78 Å². The van der Waals surface area contributed by atoms with E-state index in [0.717, 1.165) is 29.8 Å². The Balaban J connectivity index is 2.11. The van der Waals surface area contributed by atoms with Crippen LogP contribution in [0.25, 0.3) is 24.6 Å². The molecular formula is C25H29F2N3. The molecule has 1 aliphatic rings. The molecule has 0 saturated heterocycles. The molecule has 1 heterocycles. The number of nitrogens with zero attached hydrogens (tertiary/aromatic N) is 1. The van der Waals surface area contributed by atoms with Gasteiger partial charge < -0.3 is 15.5 Å². The first-order chi connectivity index (χ1) is 14.3. The Bertz CT molecular complexity index is 1080. The average molecular weight is 410 g/mol. The van der Waals surface area contributed by atoms with Crippen LogP contribution < -0.4 is 21.1 Å². The molecule has 1 aliphatic heterocycles. The van der Waals surface area contributed by atoms with Crippen LogP contribution in [-0.4, -0.2) is 32.6 Å². The van der Waals surface area contributed by atoms with E-state index in [0.29, 0.717) is 21.6 Å². The fourth-order valence-corrected chi connectivity index (χ4v) is 3.76. The second kappa shape index (κ2) is 9.16. The summed E-state index contributed by atoms with van der Waals surface area (Å²) >= 11 is 0. The number of hydrogen-bond donors (Lipinski definition) is 2. The van der Waals surface area contributed by atoms with Crippen molar-refractivity contribution in [3.63, 3.8) is 0 Å². The minimum atomic E-state index is -0.396. The highest BCUT2D eigenvalue weighted by Crippen LogP contribution is 2.29. The first-order valence-electron chi connectivity index (χ1n) is 10.1. The van der Waals surface area contributed by atoms with E-state index in [2.05, 4.69) is 23.3 Å². The number of allylic oxidation sites excluding steroid dienone is 1. The maximum Gasteiger partial charge on any atom is 0.131 e. The third-order valence-corrected chi connectivity index (χ3v) is 5.42. The van der Waals surface area contributed by atoms with Crippen LogP contribution in [0, 0.1) is 18.6 Å². The summed E-state index contributed by atoms with van der Waals surface area (Å²) in [4.78, 5) is 1.86. The van der Waals surface area contributed by atoms with Gasteiger partial charge in [-0.2, -0.15) is 0 Å². The van der Waals surface area contributed by atoms with Crippen LogP contribution in [0.3, 0.4) is 0 Å². The van der Waals surface area contributed by atoms with Gasteiger partial charge >= 0.3 is 0 Å². The van der Waals surface area contributed by atoms with Gasteiger partial charge in [-0.25, -0.2) is 8.78 Å². The molecule has 3 rings (SSSR count). The minimum absolute atomic E-state index is 0.212. The third kappa shape index (κ3) is 4.56. The van der Waals surface area contributed by atoms with E-state index in [1.807, 2.05) is 44.3 Å². The number of hydrogen-bond acceptors (Lipinski definition) is 3. The lowest BCUT2D eigenvalue weighted by Gasteiger charge is -2.21. The molecule has 0 saturated carbocycles. The Labute approximate surface area is 177 Å². The van der Waals surface area contributed by atoms with Crippen LogP contribution in [0.2, 0.25) is 0 Å². The summed E-state index contributed by atoms with van der Waals surface area (Å²) in [5, 5.41) is 7.08. The van der Waals surface area contributed by atoms with Gasteiger partial charge in [0.15, 0.2) is 0 Å². The van der Waals surface area contributed by atoms with Gasteiger partial charge in [0.2, 0.25) is 0 Å². The maximum absolute atomic E-state index is 15.1. The molecule has 0 fully saturated rings. The van der Waals surface area contributed by atoms with E-state index >= 15 is 4.39 Å². The summed E-state index contributed by atoms with van der Waals surface area (Å²) in [6, 6.07) is 6.96. The predicted molar refractivity (Wildman–Crippen MR) is 122 cm³/mol. The molecule has 0 amide bonds. The van der Waals surface area contributed by atoms with E-state index in [9.17, 15) is 4.39 Å². The van der Waals surface area contributed by atoms with Crippen molar-refractivity contribution in [3.8, 4) is 0 Å². The van der Waals surface area contributed by atoms with E-state index in [1.165, 1.54) is 6.07 Å². The molecule has 0 aromatic heterocycles. The molecule has 2 aromatic rings. The molecule has 0 bridgehead atoms. The third-order valence-electron chi connectivity index (χ3n) is 5.42. The van der Waals surface area contributed by atoms with E-state index < -0.39 is 5.82 Å². The number of halogens is 2. The second-order valence-corrected chi connectivity index (χ2v) is 7.82. The zero-order valence-corrected chi connectivity index (χ0v) is 18.0. The topological polar surface area (TPSA) is 27.3 Å². The molecule has 5 heteroatoms. The SMILES string of the molecule is C=c1c(F)cc(/C(=C/c2c(C)cc(C3C=CNCC3)cc2F)N(C)C)c/c1=C/NC. The summed E-state index contributed by atoms with van der Waals surface area (Å²) < 4.78 is 29.6. The molecule has 0 aliphatic carbocycles. The average Bonchev–Trinajstić information content (AvgIpc) is 2.71. The summed E-state index contributed by atoms with van der Waals surface area (Å²) in [6.07, 6.45) is 8.43. The monoisotopic (exact) mass is 409 g/mol. The molecule has 0 spiro atoms. The van der Waals surface area contributed by atoms with Crippen LogP contribution in [0.15, 0.2) is 36.5 Å². The largest absolute Gasteiger partial charge is 0.393 e. The summed E-state index contributed by atoms with van der Waals surface area (Å²) in [6.45, 7) is 6.60. The Hall–Kier alpha value is -3.08.